The van der Waals surface area contributed by atoms with Gasteiger partial charge in [-0.15, -0.1) is 0 Å². The lowest BCUT2D eigenvalue weighted by Crippen LogP contribution is -2.31. The van der Waals surface area contributed by atoms with E-state index in [4.69, 9.17) is 4.74 Å². The van der Waals surface area contributed by atoms with Crippen molar-refractivity contribution in [1.82, 2.24) is 4.90 Å². The smallest absolute Gasteiger partial charge is 0.0954 e. The highest BCUT2D eigenvalue weighted by Crippen LogP contribution is 2.27. The molecular weight excluding hydrogens is 198 g/mol. The highest BCUT2D eigenvalue weighted by molar-refractivity contribution is 5.31. The molecule has 1 atom stereocenters. The van der Waals surface area contributed by atoms with Crippen molar-refractivity contribution >= 4 is 0 Å². The molecule has 1 aliphatic heterocycles. The zero-order valence-electron chi connectivity index (χ0n) is 10.3. The number of likely N-dealkylation sites (N-methyl/N-ethyl adjacent to an activating group) is 1. The minimum Gasteiger partial charge on any atom is -0.372 e. The van der Waals surface area contributed by atoms with Crippen molar-refractivity contribution in [2.24, 2.45) is 0 Å². The van der Waals surface area contributed by atoms with Gasteiger partial charge in [-0.3, -0.25) is 0 Å². The maximum absolute atomic E-state index is 5.90. The molecule has 1 aromatic carbocycles. The minimum atomic E-state index is 0.268. The van der Waals surface area contributed by atoms with Crippen LogP contribution >= 0.6 is 0 Å². The van der Waals surface area contributed by atoms with E-state index in [0.29, 0.717) is 0 Å². The molecule has 0 aliphatic carbocycles. The quantitative estimate of drug-likeness (QED) is 0.772. The molecule has 0 saturated heterocycles. The van der Waals surface area contributed by atoms with E-state index < -0.39 is 0 Å². The molecule has 0 bridgehead atoms. The highest BCUT2D eigenvalue weighted by atomic mass is 16.5. The maximum Gasteiger partial charge on any atom is 0.0954 e. The lowest BCUT2D eigenvalue weighted by atomic mass is 9.97. The van der Waals surface area contributed by atoms with Crippen molar-refractivity contribution in [3.8, 4) is 0 Å². The molecule has 0 saturated carbocycles. The van der Waals surface area contributed by atoms with E-state index in [0.717, 1.165) is 32.7 Å². The van der Waals surface area contributed by atoms with Crippen LogP contribution < -0.4 is 0 Å². The summed E-state index contributed by atoms with van der Waals surface area (Å²) in [6.45, 7) is 8.49. The second kappa shape index (κ2) is 5.46. The van der Waals surface area contributed by atoms with Gasteiger partial charge in [-0.1, -0.05) is 38.1 Å². The molecule has 0 amide bonds. The molecule has 1 heterocycles. The Morgan fingerprint density at radius 2 is 2.00 bits per heavy atom. The Morgan fingerprint density at radius 1 is 1.25 bits per heavy atom. The Balaban J connectivity index is 2.12. The molecule has 1 aliphatic rings. The third-order valence-corrected chi connectivity index (χ3v) is 3.41. The minimum absolute atomic E-state index is 0.268. The van der Waals surface area contributed by atoms with Crippen LogP contribution in [0.1, 0.15) is 31.1 Å². The van der Waals surface area contributed by atoms with Crippen molar-refractivity contribution in [3.05, 3.63) is 35.4 Å². The highest BCUT2D eigenvalue weighted by Gasteiger charge is 2.21. The van der Waals surface area contributed by atoms with E-state index in [-0.39, 0.29) is 6.10 Å². The van der Waals surface area contributed by atoms with Crippen LogP contribution in [0.25, 0.3) is 0 Å². The summed E-state index contributed by atoms with van der Waals surface area (Å²) in [5, 5.41) is 0. The van der Waals surface area contributed by atoms with Gasteiger partial charge in [-0.2, -0.15) is 0 Å². The third-order valence-electron chi connectivity index (χ3n) is 3.41. The van der Waals surface area contributed by atoms with Gasteiger partial charge < -0.3 is 9.64 Å². The second-order valence-corrected chi connectivity index (χ2v) is 4.29. The number of hydrogen-bond acceptors (Lipinski definition) is 2. The SMILES string of the molecule is CCN(CC)C[C@@H]1OCCc2ccccc21. The lowest BCUT2D eigenvalue weighted by Gasteiger charge is -2.30. The predicted octanol–water partition coefficient (Wildman–Crippen LogP) is 2.64. The average Bonchev–Trinajstić information content (AvgIpc) is 2.36. The van der Waals surface area contributed by atoms with Crippen molar-refractivity contribution in [1.29, 1.82) is 0 Å². The number of rotatable bonds is 4. The summed E-state index contributed by atoms with van der Waals surface area (Å²) < 4.78 is 5.90. The van der Waals surface area contributed by atoms with Gasteiger partial charge in [0.25, 0.3) is 0 Å². The Hall–Kier alpha value is -0.860. The molecule has 2 heteroatoms. The normalized spacial score (nSPS) is 19.8. The maximum atomic E-state index is 5.90. The molecule has 0 radical (unpaired) electrons. The van der Waals surface area contributed by atoms with Crippen LogP contribution in [0.2, 0.25) is 0 Å². The Labute approximate surface area is 98.2 Å². The van der Waals surface area contributed by atoms with Gasteiger partial charge >= 0.3 is 0 Å². The fourth-order valence-corrected chi connectivity index (χ4v) is 2.34. The zero-order valence-corrected chi connectivity index (χ0v) is 10.3. The number of nitrogens with zero attached hydrogens (tertiary/aromatic N) is 1. The van der Waals surface area contributed by atoms with Crippen LogP contribution in [-0.2, 0) is 11.2 Å². The molecule has 0 N–H and O–H groups in total. The fourth-order valence-electron chi connectivity index (χ4n) is 2.34. The summed E-state index contributed by atoms with van der Waals surface area (Å²) in [5.74, 6) is 0. The average molecular weight is 219 g/mol. The summed E-state index contributed by atoms with van der Waals surface area (Å²) in [4.78, 5) is 2.42. The molecule has 2 nitrogen and oxygen atoms in total. The van der Waals surface area contributed by atoms with E-state index in [1.54, 1.807) is 0 Å². The van der Waals surface area contributed by atoms with Gasteiger partial charge in [-0.25, -0.2) is 0 Å². The molecule has 1 aromatic rings. The number of benzene rings is 1. The summed E-state index contributed by atoms with van der Waals surface area (Å²) in [6.07, 6.45) is 1.33. The molecule has 0 fully saturated rings. The van der Waals surface area contributed by atoms with E-state index in [1.807, 2.05) is 0 Å². The van der Waals surface area contributed by atoms with Crippen molar-refractivity contribution in [2.75, 3.05) is 26.2 Å². The van der Waals surface area contributed by atoms with Crippen molar-refractivity contribution in [2.45, 2.75) is 26.4 Å². The monoisotopic (exact) mass is 219 g/mol. The van der Waals surface area contributed by atoms with E-state index in [1.165, 1.54) is 11.1 Å². The number of hydrogen-bond donors (Lipinski definition) is 0. The molecule has 16 heavy (non-hydrogen) atoms. The standard InChI is InChI=1S/C14H21NO/c1-3-15(4-2)11-14-13-8-6-5-7-12(13)9-10-16-14/h5-8,14H,3-4,9-11H2,1-2H3/t14-/m0/s1. The number of ether oxygens (including phenoxy) is 1. The van der Waals surface area contributed by atoms with Crippen LogP contribution in [0, 0.1) is 0 Å². The van der Waals surface area contributed by atoms with Gasteiger partial charge in [0.2, 0.25) is 0 Å². The Kier molecular flexibility index (Phi) is 3.97. The molecule has 0 aromatic heterocycles. The predicted molar refractivity (Wildman–Crippen MR) is 66.6 cm³/mol. The number of fused-ring (bicyclic) bond motifs is 1. The van der Waals surface area contributed by atoms with E-state index in [2.05, 4.69) is 43.0 Å². The molecule has 0 spiro atoms. The first kappa shape index (κ1) is 11.6. The van der Waals surface area contributed by atoms with Crippen LogP contribution in [0.4, 0.5) is 0 Å². The summed E-state index contributed by atoms with van der Waals surface area (Å²) in [6, 6.07) is 8.68. The second-order valence-electron chi connectivity index (χ2n) is 4.29. The van der Waals surface area contributed by atoms with Crippen molar-refractivity contribution < 1.29 is 4.74 Å². The van der Waals surface area contributed by atoms with Gasteiger partial charge in [0.05, 0.1) is 12.7 Å². The van der Waals surface area contributed by atoms with Crippen LogP contribution in [0.3, 0.4) is 0 Å². The van der Waals surface area contributed by atoms with Crippen LogP contribution in [0.5, 0.6) is 0 Å². The van der Waals surface area contributed by atoms with Crippen LogP contribution in [0.15, 0.2) is 24.3 Å². The van der Waals surface area contributed by atoms with Gasteiger partial charge in [0, 0.05) is 6.54 Å². The summed E-state index contributed by atoms with van der Waals surface area (Å²) in [5.41, 5.74) is 2.85. The lowest BCUT2D eigenvalue weighted by molar-refractivity contribution is 0.0180. The Morgan fingerprint density at radius 3 is 2.75 bits per heavy atom. The van der Waals surface area contributed by atoms with Gasteiger partial charge in [0.1, 0.15) is 0 Å². The molecule has 0 unspecified atom stereocenters. The largest absolute Gasteiger partial charge is 0.372 e. The van der Waals surface area contributed by atoms with E-state index >= 15 is 0 Å². The Bertz CT molecular complexity index is 333. The molecular formula is C14H21NO. The first-order valence-electron chi connectivity index (χ1n) is 6.27. The third kappa shape index (κ3) is 2.45. The van der Waals surface area contributed by atoms with Gasteiger partial charge in [0.15, 0.2) is 0 Å². The topological polar surface area (TPSA) is 12.5 Å². The zero-order chi connectivity index (χ0) is 11.4. The van der Waals surface area contributed by atoms with Gasteiger partial charge in [-0.05, 0) is 30.6 Å². The van der Waals surface area contributed by atoms with Crippen LogP contribution in [-0.4, -0.2) is 31.1 Å². The molecule has 88 valence electrons. The van der Waals surface area contributed by atoms with Crippen molar-refractivity contribution in [3.63, 3.8) is 0 Å². The summed E-state index contributed by atoms with van der Waals surface area (Å²) >= 11 is 0. The molecule has 2 rings (SSSR count). The van der Waals surface area contributed by atoms with E-state index in [9.17, 15) is 0 Å². The first-order chi connectivity index (χ1) is 7.85. The summed E-state index contributed by atoms with van der Waals surface area (Å²) in [7, 11) is 0. The first-order valence-corrected chi connectivity index (χ1v) is 6.27. The fraction of sp³-hybridized carbons (Fsp3) is 0.571.